The van der Waals surface area contributed by atoms with Gasteiger partial charge in [0.25, 0.3) is 5.91 Å². The maximum atomic E-state index is 10.9. The molecular weight excluding hydrogens is 182 g/mol. The number of benzene rings is 1. The van der Waals surface area contributed by atoms with Crippen LogP contribution in [0.25, 0.3) is 0 Å². The minimum Gasteiger partial charge on any atom is -0.507 e. The molecule has 3 N–H and O–H groups in total. The lowest BCUT2D eigenvalue weighted by atomic mass is 10.2. The Labute approximate surface area is 82.3 Å². The van der Waals surface area contributed by atoms with E-state index in [1.54, 1.807) is 6.07 Å². The highest BCUT2D eigenvalue weighted by Crippen LogP contribution is 2.23. The van der Waals surface area contributed by atoms with E-state index in [0.717, 1.165) is 0 Å². The third-order valence-electron chi connectivity index (χ3n) is 1.61. The Morgan fingerprint density at radius 3 is 2.64 bits per heavy atom. The van der Waals surface area contributed by atoms with Crippen molar-refractivity contribution in [2.45, 2.75) is 20.0 Å². The molecule has 0 saturated heterocycles. The molecule has 0 bridgehead atoms. The monoisotopic (exact) mass is 195 g/mol. The molecule has 0 saturated carbocycles. The Bertz CT molecular complexity index is 347. The standard InChI is InChI=1S/C10H13NO3/c1-6(2)14-7-3-4-9(12)8(5-7)10(11)13/h3-6,12H,1-2H3,(H2,11,13). The zero-order chi connectivity index (χ0) is 10.7. The quantitative estimate of drug-likeness (QED) is 0.763. The SMILES string of the molecule is CC(C)Oc1ccc(O)c(C(N)=O)c1. The van der Waals surface area contributed by atoms with Crippen molar-refractivity contribution < 1.29 is 14.6 Å². The van der Waals surface area contributed by atoms with Gasteiger partial charge >= 0.3 is 0 Å². The lowest BCUT2D eigenvalue weighted by Gasteiger charge is -2.10. The van der Waals surface area contributed by atoms with Gasteiger partial charge in [-0.05, 0) is 32.0 Å². The Morgan fingerprint density at radius 1 is 1.50 bits per heavy atom. The number of carbonyl (C=O) groups excluding carboxylic acids is 1. The molecule has 0 radical (unpaired) electrons. The first-order valence-corrected chi connectivity index (χ1v) is 4.30. The van der Waals surface area contributed by atoms with Crippen molar-refractivity contribution in [1.82, 2.24) is 0 Å². The van der Waals surface area contributed by atoms with Gasteiger partial charge in [0.15, 0.2) is 0 Å². The summed E-state index contributed by atoms with van der Waals surface area (Å²) < 4.78 is 5.34. The van der Waals surface area contributed by atoms with E-state index in [2.05, 4.69) is 0 Å². The molecule has 0 unspecified atom stereocenters. The van der Waals surface area contributed by atoms with Crippen molar-refractivity contribution in [1.29, 1.82) is 0 Å². The molecule has 0 fully saturated rings. The molecule has 0 spiro atoms. The second-order valence-corrected chi connectivity index (χ2v) is 3.21. The first kappa shape index (κ1) is 10.4. The summed E-state index contributed by atoms with van der Waals surface area (Å²) in [6.07, 6.45) is 0.0141. The molecule has 0 aliphatic heterocycles. The number of nitrogens with two attached hydrogens (primary N) is 1. The van der Waals surface area contributed by atoms with Crippen molar-refractivity contribution in [2.24, 2.45) is 5.73 Å². The molecule has 14 heavy (non-hydrogen) atoms. The number of phenols is 1. The summed E-state index contributed by atoms with van der Waals surface area (Å²) in [5.41, 5.74) is 5.13. The van der Waals surface area contributed by atoms with Crippen LogP contribution in [0.15, 0.2) is 18.2 Å². The Balaban J connectivity index is 3.00. The minimum absolute atomic E-state index is 0.0141. The Kier molecular flexibility index (Phi) is 2.96. The van der Waals surface area contributed by atoms with Crippen LogP contribution in [0.5, 0.6) is 11.5 Å². The van der Waals surface area contributed by atoms with Gasteiger partial charge in [-0.15, -0.1) is 0 Å². The average Bonchev–Trinajstić information content (AvgIpc) is 2.07. The second kappa shape index (κ2) is 4.00. The lowest BCUT2D eigenvalue weighted by Crippen LogP contribution is -2.12. The maximum absolute atomic E-state index is 10.9. The van der Waals surface area contributed by atoms with Gasteiger partial charge in [-0.25, -0.2) is 0 Å². The van der Waals surface area contributed by atoms with Crippen LogP contribution in [0.4, 0.5) is 0 Å². The third kappa shape index (κ3) is 2.39. The number of hydrogen-bond acceptors (Lipinski definition) is 3. The van der Waals surface area contributed by atoms with Gasteiger partial charge in [-0.3, -0.25) is 4.79 Å². The fraction of sp³-hybridized carbons (Fsp3) is 0.300. The van der Waals surface area contributed by atoms with Crippen LogP contribution in [0.1, 0.15) is 24.2 Å². The van der Waals surface area contributed by atoms with E-state index in [0.29, 0.717) is 5.75 Å². The number of amides is 1. The molecule has 1 rings (SSSR count). The van der Waals surface area contributed by atoms with E-state index < -0.39 is 5.91 Å². The minimum atomic E-state index is -0.670. The summed E-state index contributed by atoms with van der Waals surface area (Å²) in [6, 6.07) is 4.40. The van der Waals surface area contributed by atoms with Crippen molar-refractivity contribution in [3.8, 4) is 11.5 Å². The molecule has 0 atom stereocenters. The normalized spacial score (nSPS) is 10.2. The predicted octanol–water partition coefficient (Wildman–Crippen LogP) is 1.28. The summed E-state index contributed by atoms with van der Waals surface area (Å²) in [7, 11) is 0. The Morgan fingerprint density at radius 2 is 2.14 bits per heavy atom. The lowest BCUT2D eigenvalue weighted by molar-refractivity contribution is 0.0997. The fourth-order valence-electron chi connectivity index (χ4n) is 1.06. The summed E-state index contributed by atoms with van der Waals surface area (Å²) in [6.45, 7) is 3.74. The summed E-state index contributed by atoms with van der Waals surface area (Å²) in [4.78, 5) is 10.9. The highest BCUT2D eigenvalue weighted by atomic mass is 16.5. The molecule has 1 aromatic rings. The highest BCUT2D eigenvalue weighted by molar-refractivity contribution is 5.95. The molecule has 1 aromatic carbocycles. The second-order valence-electron chi connectivity index (χ2n) is 3.21. The number of ether oxygens (including phenoxy) is 1. The van der Waals surface area contributed by atoms with Gasteiger partial charge in [0, 0.05) is 0 Å². The van der Waals surface area contributed by atoms with E-state index in [4.69, 9.17) is 10.5 Å². The molecular formula is C10H13NO3. The first-order valence-electron chi connectivity index (χ1n) is 4.30. The van der Waals surface area contributed by atoms with Crippen LogP contribution in [0.3, 0.4) is 0 Å². The third-order valence-corrected chi connectivity index (χ3v) is 1.61. The molecule has 4 nitrogen and oxygen atoms in total. The summed E-state index contributed by atoms with van der Waals surface area (Å²) in [5, 5.41) is 9.28. The van der Waals surface area contributed by atoms with Crippen LogP contribution >= 0.6 is 0 Å². The number of rotatable bonds is 3. The molecule has 1 amide bonds. The Hall–Kier alpha value is -1.71. The number of carbonyl (C=O) groups is 1. The van der Waals surface area contributed by atoms with Gasteiger partial charge in [0.1, 0.15) is 11.5 Å². The van der Waals surface area contributed by atoms with Gasteiger partial charge < -0.3 is 15.6 Å². The van der Waals surface area contributed by atoms with Crippen molar-refractivity contribution in [3.63, 3.8) is 0 Å². The first-order chi connectivity index (χ1) is 6.50. The summed E-state index contributed by atoms with van der Waals surface area (Å²) in [5.74, 6) is -0.281. The molecule has 4 heteroatoms. The highest BCUT2D eigenvalue weighted by Gasteiger charge is 2.09. The fourth-order valence-corrected chi connectivity index (χ4v) is 1.06. The van der Waals surface area contributed by atoms with Gasteiger partial charge in [-0.1, -0.05) is 0 Å². The van der Waals surface area contributed by atoms with E-state index >= 15 is 0 Å². The average molecular weight is 195 g/mol. The van der Waals surface area contributed by atoms with E-state index in [9.17, 15) is 9.90 Å². The molecule has 76 valence electrons. The maximum Gasteiger partial charge on any atom is 0.252 e. The van der Waals surface area contributed by atoms with Gasteiger partial charge in [0.05, 0.1) is 11.7 Å². The van der Waals surface area contributed by atoms with Crippen molar-refractivity contribution >= 4 is 5.91 Å². The van der Waals surface area contributed by atoms with E-state index in [1.807, 2.05) is 13.8 Å². The number of hydrogen-bond donors (Lipinski definition) is 2. The smallest absolute Gasteiger partial charge is 0.252 e. The predicted molar refractivity (Wildman–Crippen MR) is 52.4 cm³/mol. The molecule has 0 aromatic heterocycles. The van der Waals surface area contributed by atoms with Crippen LogP contribution in [-0.2, 0) is 0 Å². The van der Waals surface area contributed by atoms with Crippen LogP contribution in [-0.4, -0.2) is 17.1 Å². The van der Waals surface area contributed by atoms with Crippen LogP contribution in [0.2, 0.25) is 0 Å². The zero-order valence-electron chi connectivity index (χ0n) is 8.15. The summed E-state index contributed by atoms with van der Waals surface area (Å²) >= 11 is 0. The molecule has 0 heterocycles. The zero-order valence-corrected chi connectivity index (χ0v) is 8.15. The van der Waals surface area contributed by atoms with Crippen LogP contribution in [0, 0.1) is 0 Å². The molecule has 0 aliphatic rings. The van der Waals surface area contributed by atoms with E-state index in [1.165, 1.54) is 12.1 Å². The van der Waals surface area contributed by atoms with E-state index in [-0.39, 0.29) is 17.4 Å². The molecule has 0 aliphatic carbocycles. The van der Waals surface area contributed by atoms with Gasteiger partial charge in [-0.2, -0.15) is 0 Å². The van der Waals surface area contributed by atoms with Crippen LogP contribution < -0.4 is 10.5 Å². The topological polar surface area (TPSA) is 72.6 Å². The number of primary amides is 1. The van der Waals surface area contributed by atoms with Gasteiger partial charge in [0.2, 0.25) is 0 Å². The largest absolute Gasteiger partial charge is 0.507 e. The van der Waals surface area contributed by atoms with Crippen molar-refractivity contribution in [3.05, 3.63) is 23.8 Å². The number of aromatic hydroxyl groups is 1. The van der Waals surface area contributed by atoms with Crippen molar-refractivity contribution in [2.75, 3.05) is 0 Å².